The van der Waals surface area contributed by atoms with Crippen LogP contribution < -0.4 is 11.1 Å². The largest absolute Gasteiger partial charge is 0.330 e. The number of nitrogens with two attached hydrogens (primary N) is 1. The van der Waals surface area contributed by atoms with Gasteiger partial charge in [-0.1, -0.05) is 20.8 Å². The van der Waals surface area contributed by atoms with Crippen molar-refractivity contribution in [3.05, 3.63) is 0 Å². The van der Waals surface area contributed by atoms with Gasteiger partial charge in [-0.2, -0.15) is 0 Å². The predicted molar refractivity (Wildman–Crippen MR) is 53.0 cm³/mol. The maximum Gasteiger partial charge on any atom is 0.0124 e. The molecular weight excluding hydrogens is 148 g/mol. The van der Waals surface area contributed by atoms with Gasteiger partial charge in [0.2, 0.25) is 0 Å². The first-order chi connectivity index (χ1) is 5.56. The molecule has 2 atom stereocenters. The van der Waals surface area contributed by atoms with Crippen LogP contribution >= 0.6 is 0 Å². The molecule has 0 amide bonds. The van der Waals surface area contributed by atoms with Crippen LogP contribution in [0.5, 0.6) is 0 Å². The van der Waals surface area contributed by atoms with Gasteiger partial charge in [-0.3, -0.25) is 0 Å². The molecule has 0 spiro atoms. The Bertz CT molecular complexity index is 143. The zero-order chi connectivity index (χ0) is 9.19. The minimum absolute atomic E-state index is 0.561. The van der Waals surface area contributed by atoms with Crippen molar-refractivity contribution < 1.29 is 0 Å². The molecule has 0 radical (unpaired) electrons. The van der Waals surface area contributed by atoms with Crippen LogP contribution in [0.2, 0.25) is 0 Å². The minimum Gasteiger partial charge on any atom is -0.330 e. The minimum atomic E-state index is 0.561. The van der Waals surface area contributed by atoms with Gasteiger partial charge in [-0.25, -0.2) is 0 Å². The zero-order valence-electron chi connectivity index (χ0n) is 8.56. The Labute approximate surface area is 75.9 Å². The molecule has 1 fully saturated rings. The van der Waals surface area contributed by atoms with E-state index in [1.807, 2.05) is 0 Å². The molecule has 0 aromatic carbocycles. The highest BCUT2D eigenvalue weighted by molar-refractivity contribution is 5.01. The van der Waals surface area contributed by atoms with Crippen LogP contribution in [0, 0.1) is 11.3 Å². The van der Waals surface area contributed by atoms with E-state index in [1.165, 1.54) is 12.8 Å². The smallest absolute Gasteiger partial charge is 0.0124 e. The van der Waals surface area contributed by atoms with Crippen LogP contribution in [-0.4, -0.2) is 19.1 Å². The summed E-state index contributed by atoms with van der Waals surface area (Å²) in [7, 11) is 0. The van der Waals surface area contributed by atoms with Crippen LogP contribution in [0.3, 0.4) is 0 Å². The summed E-state index contributed by atoms with van der Waals surface area (Å²) < 4.78 is 0. The highest BCUT2D eigenvalue weighted by atomic mass is 15.0. The van der Waals surface area contributed by atoms with E-state index in [1.54, 1.807) is 0 Å². The molecule has 1 rings (SSSR count). The average Bonchev–Trinajstić information content (AvgIpc) is 2.59. The monoisotopic (exact) mass is 170 g/mol. The Morgan fingerprint density at radius 1 is 1.58 bits per heavy atom. The van der Waals surface area contributed by atoms with Crippen molar-refractivity contribution in [1.29, 1.82) is 0 Å². The van der Waals surface area contributed by atoms with Crippen molar-refractivity contribution in [1.82, 2.24) is 5.32 Å². The van der Waals surface area contributed by atoms with Crippen LogP contribution in [0.1, 0.15) is 33.6 Å². The standard InChI is InChI=1S/C10H22N2/c1-8(7-11)4-5-12-9-6-10(9,2)3/h8-9,12H,4-7,11H2,1-3H3. The molecule has 1 aliphatic carbocycles. The van der Waals surface area contributed by atoms with E-state index in [4.69, 9.17) is 5.73 Å². The normalized spacial score (nSPS) is 28.5. The molecule has 3 N–H and O–H groups in total. The topological polar surface area (TPSA) is 38.0 Å². The van der Waals surface area contributed by atoms with Crippen molar-refractivity contribution in [3.8, 4) is 0 Å². The van der Waals surface area contributed by atoms with E-state index in [2.05, 4.69) is 26.1 Å². The Hall–Kier alpha value is -0.0800. The summed E-state index contributed by atoms with van der Waals surface area (Å²) in [5, 5.41) is 3.56. The number of hydrogen-bond donors (Lipinski definition) is 2. The first-order valence-corrected chi connectivity index (χ1v) is 4.99. The van der Waals surface area contributed by atoms with E-state index in [0.29, 0.717) is 11.3 Å². The van der Waals surface area contributed by atoms with Gasteiger partial charge in [0.25, 0.3) is 0 Å². The first-order valence-electron chi connectivity index (χ1n) is 4.99. The summed E-state index contributed by atoms with van der Waals surface area (Å²) in [6, 6.07) is 0.766. The molecular formula is C10H22N2. The van der Waals surface area contributed by atoms with Gasteiger partial charge in [0.1, 0.15) is 0 Å². The zero-order valence-corrected chi connectivity index (χ0v) is 8.56. The number of hydrogen-bond acceptors (Lipinski definition) is 2. The molecule has 1 saturated carbocycles. The van der Waals surface area contributed by atoms with Gasteiger partial charge in [0.05, 0.1) is 0 Å². The highest BCUT2D eigenvalue weighted by Crippen LogP contribution is 2.44. The summed E-state index contributed by atoms with van der Waals surface area (Å²) in [5.41, 5.74) is 6.09. The molecule has 2 unspecified atom stereocenters. The van der Waals surface area contributed by atoms with E-state index >= 15 is 0 Å². The second kappa shape index (κ2) is 3.75. The maximum atomic E-state index is 5.53. The quantitative estimate of drug-likeness (QED) is 0.654. The Morgan fingerprint density at radius 3 is 2.58 bits per heavy atom. The predicted octanol–water partition coefficient (Wildman–Crippen LogP) is 1.36. The van der Waals surface area contributed by atoms with Gasteiger partial charge in [0, 0.05) is 6.04 Å². The molecule has 0 bridgehead atoms. The fraction of sp³-hybridized carbons (Fsp3) is 1.00. The Morgan fingerprint density at radius 2 is 2.17 bits per heavy atom. The van der Waals surface area contributed by atoms with Gasteiger partial charge < -0.3 is 11.1 Å². The van der Waals surface area contributed by atoms with Gasteiger partial charge in [-0.15, -0.1) is 0 Å². The van der Waals surface area contributed by atoms with E-state index in [9.17, 15) is 0 Å². The van der Waals surface area contributed by atoms with Crippen LogP contribution in [0.15, 0.2) is 0 Å². The Balaban J connectivity index is 1.98. The fourth-order valence-electron chi connectivity index (χ4n) is 1.44. The molecule has 0 aromatic rings. The van der Waals surface area contributed by atoms with E-state index in [-0.39, 0.29) is 0 Å². The van der Waals surface area contributed by atoms with Gasteiger partial charge >= 0.3 is 0 Å². The van der Waals surface area contributed by atoms with E-state index in [0.717, 1.165) is 19.1 Å². The maximum absolute atomic E-state index is 5.53. The molecule has 12 heavy (non-hydrogen) atoms. The summed E-state index contributed by atoms with van der Waals surface area (Å²) in [6.45, 7) is 8.79. The van der Waals surface area contributed by atoms with Gasteiger partial charge in [0.15, 0.2) is 0 Å². The third-order valence-electron chi connectivity index (χ3n) is 2.94. The van der Waals surface area contributed by atoms with Gasteiger partial charge in [-0.05, 0) is 37.3 Å². The summed E-state index contributed by atoms with van der Waals surface area (Å²) >= 11 is 0. The SMILES string of the molecule is CC(CN)CCNC1CC1(C)C. The van der Waals surface area contributed by atoms with Crippen LogP contribution in [0.25, 0.3) is 0 Å². The van der Waals surface area contributed by atoms with Crippen molar-refractivity contribution >= 4 is 0 Å². The number of rotatable bonds is 5. The second-order valence-corrected chi connectivity index (χ2v) is 4.83. The lowest BCUT2D eigenvalue weighted by Gasteiger charge is -2.10. The van der Waals surface area contributed by atoms with Crippen molar-refractivity contribution in [2.75, 3.05) is 13.1 Å². The molecule has 1 aliphatic rings. The fourth-order valence-corrected chi connectivity index (χ4v) is 1.44. The molecule has 0 saturated heterocycles. The Kier molecular flexibility index (Phi) is 3.13. The second-order valence-electron chi connectivity index (χ2n) is 4.83. The van der Waals surface area contributed by atoms with Crippen molar-refractivity contribution in [2.45, 2.75) is 39.7 Å². The van der Waals surface area contributed by atoms with Crippen LogP contribution in [0.4, 0.5) is 0 Å². The first kappa shape index (κ1) is 10.0. The van der Waals surface area contributed by atoms with Crippen LogP contribution in [-0.2, 0) is 0 Å². The summed E-state index contributed by atoms with van der Waals surface area (Å²) in [6.07, 6.45) is 2.55. The van der Waals surface area contributed by atoms with Crippen molar-refractivity contribution in [3.63, 3.8) is 0 Å². The lowest BCUT2D eigenvalue weighted by Crippen LogP contribution is -2.24. The van der Waals surface area contributed by atoms with E-state index < -0.39 is 0 Å². The third-order valence-corrected chi connectivity index (χ3v) is 2.94. The molecule has 0 heterocycles. The van der Waals surface area contributed by atoms with Crippen molar-refractivity contribution in [2.24, 2.45) is 17.1 Å². The third kappa shape index (κ3) is 2.76. The average molecular weight is 170 g/mol. The highest BCUT2D eigenvalue weighted by Gasteiger charge is 2.44. The summed E-state index contributed by atoms with van der Waals surface area (Å²) in [4.78, 5) is 0. The molecule has 2 heteroatoms. The number of nitrogens with one attached hydrogen (secondary N) is 1. The molecule has 2 nitrogen and oxygen atoms in total. The summed E-state index contributed by atoms with van der Waals surface area (Å²) in [5.74, 6) is 0.666. The molecule has 0 aromatic heterocycles. The molecule has 72 valence electrons. The molecule has 0 aliphatic heterocycles. The lowest BCUT2D eigenvalue weighted by molar-refractivity contribution is 0.479. The lowest BCUT2D eigenvalue weighted by atomic mass is 10.1.